The smallest absolute Gasteiger partial charge is 0.250 e. The molecule has 0 atom stereocenters. The Morgan fingerprint density at radius 2 is 1.92 bits per heavy atom. The average molecular weight is 346 g/mol. The number of nitrogens with zero attached hydrogens (tertiary/aromatic N) is 3. The second-order valence-electron chi connectivity index (χ2n) is 5.55. The van der Waals surface area contributed by atoms with Crippen LogP contribution in [0.2, 0.25) is 0 Å². The number of amides is 1. The van der Waals surface area contributed by atoms with Gasteiger partial charge in [0.05, 0.1) is 33.1 Å². The number of benzene rings is 2. The largest absolute Gasteiger partial charge is 0.298 e. The molecule has 5 nitrogen and oxygen atoms in total. The van der Waals surface area contributed by atoms with E-state index in [-0.39, 0.29) is 5.91 Å². The monoisotopic (exact) mass is 346 g/mol. The van der Waals surface area contributed by atoms with Crippen molar-refractivity contribution in [2.45, 2.75) is 6.92 Å². The lowest BCUT2D eigenvalue weighted by atomic mass is 10.2. The van der Waals surface area contributed by atoms with E-state index >= 15 is 0 Å². The molecule has 0 unspecified atom stereocenters. The number of rotatable bonds is 3. The van der Waals surface area contributed by atoms with Crippen LogP contribution in [0.5, 0.6) is 0 Å². The number of hydrogen-bond donors (Lipinski definition) is 1. The number of carbonyl (C=O) groups is 1. The molecule has 0 aliphatic rings. The second kappa shape index (κ2) is 6.41. The van der Waals surface area contributed by atoms with Crippen LogP contribution in [0.4, 0.5) is 5.13 Å². The molecule has 2 aromatic heterocycles. The summed E-state index contributed by atoms with van der Waals surface area (Å²) in [6, 6.07) is 13.6. The summed E-state index contributed by atoms with van der Waals surface area (Å²) < 4.78 is 1.06. The molecule has 0 aliphatic heterocycles. The summed E-state index contributed by atoms with van der Waals surface area (Å²) in [6.07, 6.45) is 4.73. The van der Waals surface area contributed by atoms with E-state index in [2.05, 4.69) is 20.3 Å². The fraction of sp³-hybridized carbons (Fsp3) is 0.0526. The molecule has 1 N–H and O–H groups in total. The van der Waals surface area contributed by atoms with Gasteiger partial charge in [0.2, 0.25) is 5.91 Å². The van der Waals surface area contributed by atoms with E-state index in [0.29, 0.717) is 10.8 Å². The van der Waals surface area contributed by atoms with Crippen molar-refractivity contribution in [1.82, 2.24) is 15.0 Å². The zero-order valence-electron chi connectivity index (χ0n) is 13.4. The van der Waals surface area contributed by atoms with Crippen LogP contribution < -0.4 is 5.32 Å². The number of aryl methyl sites for hydroxylation is 1. The fourth-order valence-corrected chi connectivity index (χ4v) is 3.45. The highest BCUT2D eigenvalue weighted by Gasteiger charge is 2.07. The van der Waals surface area contributed by atoms with Gasteiger partial charge in [0.15, 0.2) is 5.13 Å². The molecule has 0 aliphatic carbocycles. The molecule has 0 bridgehead atoms. The maximum absolute atomic E-state index is 12.1. The lowest BCUT2D eigenvalue weighted by molar-refractivity contribution is -0.111. The van der Waals surface area contributed by atoms with Gasteiger partial charge in [-0.3, -0.25) is 15.1 Å². The molecule has 2 heterocycles. The molecule has 0 radical (unpaired) electrons. The number of aromatic nitrogens is 3. The highest BCUT2D eigenvalue weighted by atomic mass is 32.1. The van der Waals surface area contributed by atoms with Gasteiger partial charge in [0.25, 0.3) is 0 Å². The number of carbonyl (C=O) groups excluding carboxylic acids is 1. The summed E-state index contributed by atoms with van der Waals surface area (Å²) in [5, 5.41) is 3.39. The molecule has 6 heteroatoms. The minimum absolute atomic E-state index is 0.244. The predicted octanol–water partition coefficient (Wildman–Crippen LogP) is 4.20. The van der Waals surface area contributed by atoms with E-state index in [4.69, 9.17) is 0 Å². The quantitative estimate of drug-likeness (QED) is 0.565. The predicted molar refractivity (Wildman–Crippen MR) is 102 cm³/mol. The highest BCUT2D eigenvalue weighted by Crippen LogP contribution is 2.27. The van der Waals surface area contributed by atoms with Crippen molar-refractivity contribution in [2.24, 2.45) is 0 Å². The van der Waals surface area contributed by atoms with E-state index in [1.165, 1.54) is 17.4 Å². The molecule has 2 aromatic carbocycles. The van der Waals surface area contributed by atoms with Gasteiger partial charge < -0.3 is 0 Å². The lowest BCUT2D eigenvalue weighted by Gasteiger charge is -1.98. The summed E-state index contributed by atoms with van der Waals surface area (Å²) >= 11 is 1.46. The van der Waals surface area contributed by atoms with Gasteiger partial charge >= 0.3 is 0 Å². The van der Waals surface area contributed by atoms with Gasteiger partial charge in [-0.25, -0.2) is 9.97 Å². The number of fused-ring (bicyclic) bond motifs is 2. The molecular weight excluding hydrogens is 332 g/mol. The Bertz CT molecular complexity index is 1120. The first-order chi connectivity index (χ1) is 12.2. The Balaban J connectivity index is 1.51. The van der Waals surface area contributed by atoms with E-state index in [9.17, 15) is 4.79 Å². The molecule has 122 valence electrons. The molecule has 4 rings (SSSR count). The van der Waals surface area contributed by atoms with Crippen molar-refractivity contribution >= 4 is 49.7 Å². The third-order valence-electron chi connectivity index (χ3n) is 3.72. The minimum atomic E-state index is -0.244. The Morgan fingerprint density at radius 1 is 1.08 bits per heavy atom. The van der Waals surface area contributed by atoms with Gasteiger partial charge in [-0.1, -0.05) is 35.6 Å². The van der Waals surface area contributed by atoms with Crippen molar-refractivity contribution < 1.29 is 4.79 Å². The zero-order valence-corrected chi connectivity index (χ0v) is 14.2. The van der Waals surface area contributed by atoms with Crippen molar-refractivity contribution in [2.75, 3.05) is 5.32 Å². The van der Waals surface area contributed by atoms with Gasteiger partial charge in [-0.2, -0.15) is 0 Å². The van der Waals surface area contributed by atoms with Crippen molar-refractivity contribution in [1.29, 1.82) is 0 Å². The van der Waals surface area contributed by atoms with Gasteiger partial charge in [-0.15, -0.1) is 0 Å². The molecule has 0 fully saturated rings. The summed E-state index contributed by atoms with van der Waals surface area (Å²) in [5.41, 5.74) is 4.28. The Labute approximate surface area is 148 Å². The summed E-state index contributed by atoms with van der Waals surface area (Å²) in [5.74, 6) is -0.244. The lowest BCUT2D eigenvalue weighted by Crippen LogP contribution is -2.07. The molecule has 0 saturated heterocycles. The van der Waals surface area contributed by atoms with Crippen LogP contribution in [0, 0.1) is 6.92 Å². The molecule has 25 heavy (non-hydrogen) atoms. The minimum Gasteiger partial charge on any atom is -0.298 e. The Morgan fingerprint density at radius 3 is 2.76 bits per heavy atom. The van der Waals surface area contributed by atoms with Gasteiger partial charge in [0, 0.05) is 6.08 Å². The normalized spacial score (nSPS) is 11.4. The SMILES string of the molecule is Cc1cccc2sc(NC(=O)/C=C/c3cnc4ccccc4n3)nc12. The molecular formula is C19H14N4OS. The van der Waals surface area contributed by atoms with Crippen LogP contribution in [-0.2, 0) is 4.79 Å². The first kappa shape index (κ1) is 15.4. The van der Waals surface area contributed by atoms with Crippen molar-refractivity contribution in [3.8, 4) is 0 Å². The maximum atomic E-state index is 12.1. The van der Waals surface area contributed by atoms with Crippen LogP contribution in [-0.4, -0.2) is 20.9 Å². The summed E-state index contributed by atoms with van der Waals surface area (Å²) in [6.45, 7) is 2.01. The molecule has 0 saturated carbocycles. The van der Waals surface area contributed by atoms with Gasteiger partial charge in [0.1, 0.15) is 0 Å². The van der Waals surface area contributed by atoms with Crippen molar-refractivity contribution in [3.63, 3.8) is 0 Å². The zero-order chi connectivity index (χ0) is 17.2. The van der Waals surface area contributed by atoms with Crippen LogP contribution >= 0.6 is 11.3 Å². The standard InChI is InChI=1S/C19H14N4OS/c1-12-5-4-8-16-18(12)23-19(25-16)22-17(24)10-9-13-11-20-14-6-2-3-7-15(14)21-13/h2-11H,1H3,(H,22,23,24)/b10-9+. The van der Waals surface area contributed by atoms with Crippen LogP contribution in [0.15, 0.2) is 54.7 Å². The third-order valence-corrected chi connectivity index (χ3v) is 4.66. The molecule has 1 amide bonds. The average Bonchev–Trinajstić information content (AvgIpc) is 3.03. The fourth-order valence-electron chi connectivity index (χ4n) is 2.50. The second-order valence-corrected chi connectivity index (χ2v) is 6.58. The number of nitrogens with one attached hydrogen (secondary N) is 1. The third kappa shape index (κ3) is 3.25. The summed E-state index contributed by atoms with van der Waals surface area (Å²) in [4.78, 5) is 25.4. The number of anilines is 1. The molecule has 4 aromatic rings. The first-order valence-corrected chi connectivity index (χ1v) is 8.58. The van der Waals surface area contributed by atoms with E-state index in [0.717, 1.165) is 26.8 Å². The van der Waals surface area contributed by atoms with E-state index in [1.54, 1.807) is 12.3 Å². The van der Waals surface area contributed by atoms with Crippen molar-refractivity contribution in [3.05, 3.63) is 66.0 Å². The molecule has 0 spiro atoms. The number of para-hydroxylation sites is 3. The summed E-state index contributed by atoms with van der Waals surface area (Å²) in [7, 11) is 0. The first-order valence-electron chi connectivity index (χ1n) is 7.76. The Hall–Kier alpha value is -3.12. The van der Waals surface area contributed by atoms with E-state index in [1.807, 2.05) is 49.4 Å². The van der Waals surface area contributed by atoms with E-state index < -0.39 is 0 Å². The van der Waals surface area contributed by atoms with Gasteiger partial charge in [-0.05, 0) is 36.8 Å². The van der Waals surface area contributed by atoms with Crippen LogP contribution in [0.3, 0.4) is 0 Å². The topological polar surface area (TPSA) is 67.8 Å². The highest BCUT2D eigenvalue weighted by molar-refractivity contribution is 7.22. The maximum Gasteiger partial charge on any atom is 0.250 e. The van der Waals surface area contributed by atoms with Crippen LogP contribution in [0.1, 0.15) is 11.3 Å². The Kier molecular flexibility index (Phi) is 3.95. The number of hydrogen-bond acceptors (Lipinski definition) is 5. The van der Waals surface area contributed by atoms with Crippen LogP contribution in [0.25, 0.3) is 27.3 Å². The number of thiazole rings is 1.